The molecule has 0 saturated heterocycles. The number of aromatic nitrogens is 2. The Morgan fingerprint density at radius 3 is 2.46 bits per heavy atom. The Morgan fingerprint density at radius 2 is 1.79 bits per heavy atom. The molecule has 0 aliphatic heterocycles. The minimum atomic E-state index is -0.0369. The van der Waals surface area contributed by atoms with E-state index in [-0.39, 0.29) is 5.91 Å². The molecule has 1 aromatic carbocycles. The second kappa shape index (κ2) is 8.43. The van der Waals surface area contributed by atoms with Crippen molar-refractivity contribution < 1.29 is 4.79 Å². The maximum Gasteiger partial charge on any atom is 0.272 e. The summed E-state index contributed by atoms with van der Waals surface area (Å²) in [7, 11) is 0. The zero-order valence-corrected chi connectivity index (χ0v) is 15.0. The summed E-state index contributed by atoms with van der Waals surface area (Å²) >= 11 is 0. The minimum Gasteiger partial charge on any atom is -0.340 e. The van der Waals surface area contributed by atoms with E-state index >= 15 is 0 Å². The molecule has 5 heteroatoms. The fourth-order valence-corrected chi connectivity index (χ4v) is 2.57. The second-order valence-electron chi connectivity index (χ2n) is 6.02. The second-order valence-corrected chi connectivity index (χ2v) is 6.02. The number of hydrogen-bond donors (Lipinski definition) is 1. The van der Waals surface area contributed by atoms with Gasteiger partial charge in [-0.15, -0.1) is 0 Å². The standard InChI is InChI=1S/C19H26N4O/c1-5-9-23(10-6-2)19(24)17-12-18(21-13-20-17)22-16-11-14(3)7-8-15(16)4/h7-8,11-13H,5-6,9-10H2,1-4H3,(H,20,21,22). The van der Waals surface area contributed by atoms with Gasteiger partial charge < -0.3 is 10.2 Å². The number of nitrogens with zero attached hydrogens (tertiary/aromatic N) is 3. The van der Waals surface area contributed by atoms with E-state index in [1.54, 1.807) is 6.07 Å². The molecule has 24 heavy (non-hydrogen) atoms. The summed E-state index contributed by atoms with van der Waals surface area (Å²) < 4.78 is 0. The number of anilines is 2. The van der Waals surface area contributed by atoms with Crippen LogP contribution in [0, 0.1) is 13.8 Å². The van der Waals surface area contributed by atoms with Crippen LogP contribution < -0.4 is 5.32 Å². The summed E-state index contributed by atoms with van der Waals surface area (Å²) in [6, 6.07) is 7.93. The molecule has 0 saturated carbocycles. The number of aryl methyl sites for hydroxylation is 2. The highest BCUT2D eigenvalue weighted by Crippen LogP contribution is 2.21. The van der Waals surface area contributed by atoms with E-state index in [0.717, 1.165) is 37.2 Å². The van der Waals surface area contributed by atoms with E-state index in [4.69, 9.17) is 0 Å². The Hall–Kier alpha value is -2.43. The average molecular weight is 326 g/mol. The number of benzene rings is 1. The number of carbonyl (C=O) groups is 1. The summed E-state index contributed by atoms with van der Waals surface area (Å²) in [5, 5.41) is 3.29. The SMILES string of the molecule is CCCN(CCC)C(=O)c1cc(Nc2cc(C)ccc2C)ncn1. The molecule has 1 heterocycles. The van der Waals surface area contributed by atoms with Crippen molar-refractivity contribution >= 4 is 17.4 Å². The molecule has 1 aromatic heterocycles. The highest BCUT2D eigenvalue weighted by Gasteiger charge is 2.16. The summed E-state index contributed by atoms with van der Waals surface area (Å²) in [5.41, 5.74) is 3.72. The highest BCUT2D eigenvalue weighted by atomic mass is 16.2. The van der Waals surface area contributed by atoms with Crippen molar-refractivity contribution in [2.75, 3.05) is 18.4 Å². The van der Waals surface area contributed by atoms with Gasteiger partial charge in [0, 0.05) is 24.8 Å². The molecule has 0 bridgehead atoms. The predicted octanol–water partition coefficient (Wildman–Crippen LogP) is 4.10. The maximum absolute atomic E-state index is 12.7. The third-order valence-corrected chi connectivity index (χ3v) is 3.82. The van der Waals surface area contributed by atoms with Crippen molar-refractivity contribution in [1.29, 1.82) is 0 Å². The first kappa shape index (κ1) is 17.9. The van der Waals surface area contributed by atoms with E-state index in [0.29, 0.717) is 11.5 Å². The molecule has 1 N–H and O–H groups in total. The van der Waals surface area contributed by atoms with E-state index in [2.05, 4.69) is 47.3 Å². The topological polar surface area (TPSA) is 58.1 Å². The lowest BCUT2D eigenvalue weighted by Gasteiger charge is -2.21. The Labute approximate surface area is 144 Å². The van der Waals surface area contributed by atoms with Gasteiger partial charge in [0.2, 0.25) is 0 Å². The molecule has 0 atom stereocenters. The lowest BCUT2D eigenvalue weighted by atomic mass is 10.1. The van der Waals surface area contributed by atoms with E-state index in [1.807, 2.05) is 18.7 Å². The van der Waals surface area contributed by atoms with Gasteiger partial charge in [0.25, 0.3) is 5.91 Å². The summed E-state index contributed by atoms with van der Waals surface area (Å²) in [6.45, 7) is 9.73. The van der Waals surface area contributed by atoms with Crippen LogP contribution in [0.5, 0.6) is 0 Å². The maximum atomic E-state index is 12.7. The number of nitrogens with one attached hydrogen (secondary N) is 1. The average Bonchev–Trinajstić information content (AvgIpc) is 2.57. The highest BCUT2D eigenvalue weighted by molar-refractivity contribution is 5.93. The Bertz CT molecular complexity index is 694. The number of carbonyl (C=O) groups excluding carboxylic acids is 1. The van der Waals surface area contributed by atoms with Crippen LogP contribution in [0.1, 0.15) is 48.3 Å². The largest absolute Gasteiger partial charge is 0.340 e. The summed E-state index contributed by atoms with van der Waals surface area (Å²) in [6.07, 6.45) is 3.31. The molecule has 0 aliphatic carbocycles. The van der Waals surface area contributed by atoms with Crippen LogP contribution in [0.3, 0.4) is 0 Å². The Balaban J connectivity index is 2.21. The quantitative estimate of drug-likeness (QED) is 0.832. The van der Waals surface area contributed by atoms with Crippen LogP contribution in [0.15, 0.2) is 30.6 Å². The van der Waals surface area contributed by atoms with Crippen molar-refractivity contribution in [3.8, 4) is 0 Å². The van der Waals surface area contributed by atoms with Crippen LogP contribution in [-0.2, 0) is 0 Å². The number of hydrogen-bond acceptors (Lipinski definition) is 4. The predicted molar refractivity (Wildman–Crippen MR) is 97.7 cm³/mol. The fourth-order valence-electron chi connectivity index (χ4n) is 2.57. The van der Waals surface area contributed by atoms with Crippen molar-refractivity contribution in [2.45, 2.75) is 40.5 Å². The summed E-state index contributed by atoms with van der Waals surface area (Å²) in [4.78, 5) is 22.9. The van der Waals surface area contributed by atoms with Gasteiger partial charge in [-0.05, 0) is 43.9 Å². The first-order chi connectivity index (χ1) is 11.5. The molecular weight excluding hydrogens is 300 g/mol. The van der Waals surface area contributed by atoms with Gasteiger partial charge >= 0.3 is 0 Å². The lowest BCUT2D eigenvalue weighted by molar-refractivity contribution is 0.0749. The number of amides is 1. The number of rotatable bonds is 7. The zero-order valence-electron chi connectivity index (χ0n) is 15.0. The van der Waals surface area contributed by atoms with Crippen LogP contribution in [0.25, 0.3) is 0 Å². The molecule has 2 rings (SSSR count). The Morgan fingerprint density at radius 1 is 1.08 bits per heavy atom. The molecule has 0 unspecified atom stereocenters. The normalized spacial score (nSPS) is 10.5. The minimum absolute atomic E-state index is 0.0369. The van der Waals surface area contributed by atoms with Gasteiger partial charge in [0.05, 0.1) is 0 Å². The fraction of sp³-hybridized carbons (Fsp3) is 0.421. The Kier molecular flexibility index (Phi) is 6.29. The van der Waals surface area contributed by atoms with E-state index in [9.17, 15) is 4.79 Å². The van der Waals surface area contributed by atoms with Gasteiger partial charge in [0.1, 0.15) is 17.8 Å². The van der Waals surface area contributed by atoms with Crippen LogP contribution >= 0.6 is 0 Å². The van der Waals surface area contributed by atoms with E-state index < -0.39 is 0 Å². The molecule has 0 radical (unpaired) electrons. The lowest BCUT2D eigenvalue weighted by Crippen LogP contribution is -2.33. The molecule has 5 nitrogen and oxygen atoms in total. The van der Waals surface area contributed by atoms with Gasteiger partial charge in [-0.2, -0.15) is 0 Å². The van der Waals surface area contributed by atoms with Crippen molar-refractivity contribution in [2.24, 2.45) is 0 Å². The van der Waals surface area contributed by atoms with Gasteiger partial charge in [-0.25, -0.2) is 9.97 Å². The van der Waals surface area contributed by atoms with Crippen molar-refractivity contribution in [3.05, 3.63) is 47.4 Å². The van der Waals surface area contributed by atoms with Crippen LogP contribution in [-0.4, -0.2) is 33.9 Å². The summed E-state index contributed by atoms with van der Waals surface area (Å²) in [5.74, 6) is 0.597. The molecule has 2 aromatic rings. The first-order valence-corrected chi connectivity index (χ1v) is 8.50. The van der Waals surface area contributed by atoms with E-state index in [1.165, 1.54) is 11.9 Å². The van der Waals surface area contributed by atoms with Crippen LogP contribution in [0.4, 0.5) is 11.5 Å². The van der Waals surface area contributed by atoms with Crippen LogP contribution in [0.2, 0.25) is 0 Å². The molecule has 0 fully saturated rings. The smallest absolute Gasteiger partial charge is 0.272 e. The molecule has 0 aliphatic rings. The molecule has 1 amide bonds. The molecular formula is C19H26N4O. The zero-order chi connectivity index (χ0) is 17.5. The van der Waals surface area contributed by atoms with Gasteiger partial charge in [-0.3, -0.25) is 4.79 Å². The molecule has 0 spiro atoms. The van der Waals surface area contributed by atoms with Crippen molar-refractivity contribution in [3.63, 3.8) is 0 Å². The monoisotopic (exact) mass is 326 g/mol. The van der Waals surface area contributed by atoms with Gasteiger partial charge in [0.15, 0.2) is 0 Å². The first-order valence-electron chi connectivity index (χ1n) is 8.50. The molecule has 128 valence electrons. The third-order valence-electron chi connectivity index (χ3n) is 3.82. The van der Waals surface area contributed by atoms with Gasteiger partial charge in [-0.1, -0.05) is 26.0 Å². The van der Waals surface area contributed by atoms with Crippen molar-refractivity contribution in [1.82, 2.24) is 14.9 Å². The third kappa shape index (κ3) is 4.54.